The Bertz CT molecular complexity index is 335. The Labute approximate surface area is 110 Å². The normalized spacial score (nSPS) is 45.5. The van der Waals surface area contributed by atoms with Gasteiger partial charge in [-0.25, -0.2) is 0 Å². The van der Waals surface area contributed by atoms with Crippen LogP contribution in [0.15, 0.2) is 4.99 Å². The van der Waals surface area contributed by atoms with Crippen LogP contribution >= 0.6 is 0 Å². The highest BCUT2D eigenvalue weighted by Crippen LogP contribution is 2.56. The molecule has 1 heterocycles. The van der Waals surface area contributed by atoms with Crippen LogP contribution in [0.25, 0.3) is 0 Å². The molecule has 0 aromatic heterocycles. The van der Waals surface area contributed by atoms with Crippen LogP contribution in [0.2, 0.25) is 0 Å². The van der Waals surface area contributed by atoms with Gasteiger partial charge in [-0.05, 0) is 61.7 Å². The van der Waals surface area contributed by atoms with Gasteiger partial charge in [-0.2, -0.15) is 0 Å². The predicted octanol–water partition coefficient (Wildman–Crippen LogP) is 1.95. The average Bonchev–Trinajstić information content (AvgIpc) is 2.73. The Morgan fingerprint density at radius 2 is 1.78 bits per heavy atom. The molecule has 0 spiro atoms. The van der Waals surface area contributed by atoms with Gasteiger partial charge in [0.25, 0.3) is 0 Å². The maximum Gasteiger partial charge on any atom is 0.193 e. The van der Waals surface area contributed by atoms with Crippen LogP contribution in [0, 0.1) is 29.6 Å². The molecule has 4 bridgehead atoms. The van der Waals surface area contributed by atoms with Crippen molar-refractivity contribution in [2.24, 2.45) is 34.6 Å². The summed E-state index contributed by atoms with van der Waals surface area (Å²) in [5, 5.41) is 3.64. The molecule has 100 valence electrons. The zero-order valence-corrected chi connectivity index (χ0v) is 11.4. The van der Waals surface area contributed by atoms with Crippen LogP contribution in [-0.2, 0) is 0 Å². The van der Waals surface area contributed by atoms with E-state index in [2.05, 4.69) is 22.3 Å². The molecular formula is C15H25N3. The van der Waals surface area contributed by atoms with Gasteiger partial charge in [-0.1, -0.05) is 0 Å². The van der Waals surface area contributed by atoms with Gasteiger partial charge in [0.1, 0.15) is 0 Å². The second-order valence-electron chi connectivity index (χ2n) is 7.10. The number of guanidine groups is 1. The molecule has 5 aliphatic rings. The van der Waals surface area contributed by atoms with Crippen molar-refractivity contribution in [3.8, 4) is 0 Å². The van der Waals surface area contributed by atoms with Crippen LogP contribution in [0.5, 0.6) is 0 Å². The lowest BCUT2D eigenvalue weighted by molar-refractivity contribution is -0.0340. The quantitative estimate of drug-likeness (QED) is 0.807. The minimum Gasteiger partial charge on any atom is -0.356 e. The summed E-state index contributed by atoms with van der Waals surface area (Å²) in [7, 11) is 2.15. The summed E-state index contributed by atoms with van der Waals surface area (Å²) in [6.07, 6.45) is 7.68. The first-order valence-corrected chi connectivity index (χ1v) is 7.79. The first kappa shape index (κ1) is 11.1. The second kappa shape index (κ2) is 4.14. The predicted molar refractivity (Wildman–Crippen MR) is 73.5 cm³/mol. The number of nitrogens with one attached hydrogen (secondary N) is 1. The molecule has 4 aliphatic carbocycles. The molecule has 0 aromatic carbocycles. The van der Waals surface area contributed by atoms with Crippen molar-refractivity contribution in [1.82, 2.24) is 10.2 Å². The van der Waals surface area contributed by atoms with E-state index < -0.39 is 0 Å². The van der Waals surface area contributed by atoms with E-state index in [1.807, 2.05) is 0 Å². The molecule has 4 saturated carbocycles. The number of hydrogen-bond donors (Lipinski definition) is 1. The zero-order valence-electron chi connectivity index (χ0n) is 11.4. The average molecular weight is 247 g/mol. The van der Waals surface area contributed by atoms with Crippen molar-refractivity contribution in [2.45, 2.75) is 32.1 Å². The maximum atomic E-state index is 4.55. The minimum absolute atomic E-state index is 0.939. The Morgan fingerprint density at radius 1 is 1.11 bits per heavy atom. The third kappa shape index (κ3) is 1.74. The van der Waals surface area contributed by atoms with Crippen LogP contribution in [-0.4, -0.2) is 37.5 Å². The largest absolute Gasteiger partial charge is 0.356 e. The van der Waals surface area contributed by atoms with E-state index in [4.69, 9.17) is 0 Å². The Hall–Kier alpha value is -0.730. The van der Waals surface area contributed by atoms with Crippen LogP contribution in [0.3, 0.4) is 0 Å². The van der Waals surface area contributed by atoms with E-state index in [1.165, 1.54) is 32.2 Å². The smallest absolute Gasteiger partial charge is 0.193 e. The topological polar surface area (TPSA) is 27.6 Å². The molecule has 0 saturated heterocycles. The molecule has 3 heteroatoms. The van der Waals surface area contributed by atoms with Crippen molar-refractivity contribution in [3.05, 3.63) is 0 Å². The lowest BCUT2D eigenvalue weighted by Gasteiger charge is -2.54. The first-order valence-electron chi connectivity index (χ1n) is 7.79. The second-order valence-corrected chi connectivity index (χ2v) is 7.10. The first-order chi connectivity index (χ1) is 8.79. The molecule has 3 nitrogen and oxygen atoms in total. The molecule has 0 atom stereocenters. The van der Waals surface area contributed by atoms with E-state index in [1.54, 1.807) is 6.42 Å². The molecule has 0 aromatic rings. The molecule has 0 amide bonds. The molecule has 1 aliphatic heterocycles. The summed E-state index contributed by atoms with van der Waals surface area (Å²) < 4.78 is 0. The van der Waals surface area contributed by atoms with Crippen molar-refractivity contribution in [2.75, 3.05) is 26.7 Å². The summed E-state index contributed by atoms with van der Waals surface area (Å²) in [6.45, 7) is 3.24. The SMILES string of the molecule is CN1CCN=C1NCC1C2CC3CC(C2)CC1C3. The molecule has 4 fully saturated rings. The molecule has 0 unspecified atom stereocenters. The molecular weight excluding hydrogens is 222 g/mol. The molecule has 1 N–H and O–H groups in total. The van der Waals surface area contributed by atoms with Gasteiger partial charge in [0, 0.05) is 20.1 Å². The molecule has 0 radical (unpaired) electrons. The van der Waals surface area contributed by atoms with Crippen molar-refractivity contribution in [1.29, 1.82) is 0 Å². The van der Waals surface area contributed by atoms with Gasteiger partial charge in [-0.15, -0.1) is 0 Å². The van der Waals surface area contributed by atoms with E-state index in [0.717, 1.165) is 48.6 Å². The lowest BCUT2D eigenvalue weighted by atomic mass is 9.52. The summed E-state index contributed by atoms with van der Waals surface area (Å²) in [5.41, 5.74) is 0. The van der Waals surface area contributed by atoms with Gasteiger partial charge in [-0.3, -0.25) is 4.99 Å². The summed E-state index contributed by atoms with van der Waals surface area (Å²) in [6, 6.07) is 0. The standard InChI is InChI=1S/C15H25N3/c1-18-3-2-16-15(18)17-9-14-12-5-10-4-11(7-12)8-13(14)6-10/h10-14H,2-9H2,1H3,(H,16,17). The zero-order chi connectivity index (χ0) is 12.1. The van der Waals surface area contributed by atoms with Crippen molar-refractivity contribution in [3.63, 3.8) is 0 Å². The van der Waals surface area contributed by atoms with E-state index >= 15 is 0 Å². The fraction of sp³-hybridized carbons (Fsp3) is 0.933. The number of hydrogen-bond acceptors (Lipinski definition) is 3. The van der Waals surface area contributed by atoms with E-state index in [0.29, 0.717) is 0 Å². The van der Waals surface area contributed by atoms with E-state index in [-0.39, 0.29) is 0 Å². The molecule has 5 rings (SSSR count). The highest BCUT2D eigenvalue weighted by atomic mass is 15.3. The van der Waals surface area contributed by atoms with Gasteiger partial charge < -0.3 is 10.2 Å². The number of likely N-dealkylation sites (N-methyl/N-ethyl adjacent to an activating group) is 1. The summed E-state index contributed by atoms with van der Waals surface area (Å²) >= 11 is 0. The maximum absolute atomic E-state index is 4.55. The third-order valence-electron chi connectivity index (χ3n) is 5.98. The summed E-state index contributed by atoms with van der Waals surface area (Å²) in [4.78, 5) is 6.81. The van der Waals surface area contributed by atoms with Crippen LogP contribution < -0.4 is 5.32 Å². The van der Waals surface area contributed by atoms with Crippen molar-refractivity contribution < 1.29 is 0 Å². The van der Waals surface area contributed by atoms with Crippen molar-refractivity contribution >= 4 is 5.96 Å². The Balaban J connectivity index is 1.40. The van der Waals surface area contributed by atoms with Crippen LogP contribution in [0.4, 0.5) is 0 Å². The minimum atomic E-state index is 0.939. The highest BCUT2D eigenvalue weighted by molar-refractivity contribution is 5.81. The van der Waals surface area contributed by atoms with Crippen LogP contribution in [0.1, 0.15) is 32.1 Å². The fourth-order valence-electron chi connectivity index (χ4n) is 5.30. The van der Waals surface area contributed by atoms with Gasteiger partial charge in [0.05, 0.1) is 6.54 Å². The number of aliphatic imine (C=N–C) groups is 1. The lowest BCUT2D eigenvalue weighted by Crippen LogP contribution is -2.50. The number of nitrogens with zero attached hydrogens (tertiary/aromatic N) is 2. The van der Waals surface area contributed by atoms with E-state index in [9.17, 15) is 0 Å². The molecule has 18 heavy (non-hydrogen) atoms. The Morgan fingerprint density at radius 3 is 2.33 bits per heavy atom. The monoisotopic (exact) mass is 247 g/mol. The fourth-order valence-corrected chi connectivity index (χ4v) is 5.30. The number of rotatable bonds is 2. The third-order valence-corrected chi connectivity index (χ3v) is 5.98. The van der Waals surface area contributed by atoms with Gasteiger partial charge in [0.2, 0.25) is 0 Å². The Kier molecular flexibility index (Phi) is 2.56. The highest BCUT2D eigenvalue weighted by Gasteiger charge is 2.47. The van der Waals surface area contributed by atoms with Gasteiger partial charge in [0.15, 0.2) is 5.96 Å². The summed E-state index contributed by atoms with van der Waals surface area (Å²) in [5.74, 6) is 6.32. The van der Waals surface area contributed by atoms with Gasteiger partial charge >= 0.3 is 0 Å².